The van der Waals surface area contributed by atoms with Gasteiger partial charge >= 0.3 is 5.97 Å². The van der Waals surface area contributed by atoms with Crippen molar-refractivity contribution in [2.75, 3.05) is 13.1 Å². The first-order valence-corrected chi connectivity index (χ1v) is 5.65. The van der Waals surface area contributed by atoms with E-state index >= 15 is 0 Å². The molecule has 96 valence electrons. The van der Waals surface area contributed by atoms with Crippen LogP contribution in [0.4, 0.5) is 0 Å². The summed E-state index contributed by atoms with van der Waals surface area (Å²) in [5, 5.41) is 14.0. The largest absolute Gasteiger partial charge is 0.480 e. The molecule has 6 nitrogen and oxygen atoms in total. The SMILES string of the molecule is CC(C)(C(=O)O)C(=O)NCCNC(=O)C1CC1. The van der Waals surface area contributed by atoms with Crippen LogP contribution in [-0.2, 0) is 14.4 Å². The summed E-state index contributed by atoms with van der Waals surface area (Å²) in [5.41, 5.74) is -1.44. The number of hydrogen-bond acceptors (Lipinski definition) is 3. The fraction of sp³-hybridized carbons (Fsp3) is 0.727. The van der Waals surface area contributed by atoms with Gasteiger partial charge in [0.05, 0.1) is 0 Å². The van der Waals surface area contributed by atoms with Gasteiger partial charge in [-0.2, -0.15) is 0 Å². The molecule has 0 atom stereocenters. The minimum atomic E-state index is -1.44. The molecule has 0 aliphatic heterocycles. The maximum absolute atomic E-state index is 11.5. The predicted molar refractivity (Wildman–Crippen MR) is 60.2 cm³/mol. The molecule has 0 aromatic heterocycles. The highest BCUT2D eigenvalue weighted by Gasteiger charge is 2.35. The molecule has 0 unspecified atom stereocenters. The molecular formula is C11H18N2O4. The fourth-order valence-electron chi connectivity index (χ4n) is 1.17. The molecule has 0 aromatic rings. The van der Waals surface area contributed by atoms with Crippen LogP contribution in [0.25, 0.3) is 0 Å². The molecule has 1 fully saturated rings. The minimum absolute atomic E-state index is 0.0109. The first kappa shape index (κ1) is 13.5. The molecule has 1 saturated carbocycles. The van der Waals surface area contributed by atoms with E-state index in [-0.39, 0.29) is 18.4 Å². The van der Waals surface area contributed by atoms with Crippen LogP contribution in [0.1, 0.15) is 26.7 Å². The van der Waals surface area contributed by atoms with Gasteiger partial charge in [-0.05, 0) is 26.7 Å². The van der Waals surface area contributed by atoms with Gasteiger partial charge in [-0.3, -0.25) is 14.4 Å². The van der Waals surface area contributed by atoms with Gasteiger partial charge in [0.1, 0.15) is 5.41 Å². The van der Waals surface area contributed by atoms with Crippen LogP contribution < -0.4 is 10.6 Å². The van der Waals surface area contributed by atoms with Crippen molar-refractivity contribution in [1.82, 2.24) is 10.6 Å². The van der Waals surface area contributed by atoms with Crippen molar-refractivity contribution in [3.8, 4) is 0 Å². The molecule has 3 N–H and O–H groups in total. The second kappa shape index (κ2) is 5.16. The van der Waals surface area contributed by atoms with E-state index in [1.54, 1.807) is 0 Å². The Kier molecular flexibility index (Phi) is 4.09. The average molecular weight is 242 g/mol. The third-order valence-corrected chi connectivity index (χ3v) is 2.76. The summed E-state index contributed by atoms with van der Waals surface area (Å²) < 4.78 is 0. The quantitative estimate of drug-likeness (QED) is 0.441. The number of amides is 2. The van der Waals surface area contributed by atoms with Crippen molar-refractivity contribution < 1.29 is 19.5 Å². The second-order valence-electron chi connectivity index (χ2n) is 4.75. The molecule has 17 heavy (non-hydrogen) atoms. The monoisotopic (exact) mass is 242 g/mol. The molecule has 0 bridgehead atoms. The van der Waals surface area contributed by atoms with E-state index in [1.807, 2.05) is 0 Å². The third-order valence-electron chi connectivity index (χ3n) is 2.76. The van der Waals surface area contributed by atoms with Crippen molar-refractivity contribution in [1.29, 1.82) is 0 Å². The zero-order valence-corrected chi connectivity index (χ0v) is 10.1. The van der Waals surface area contributed by atoms with E-state index in [0.29, 0.717) is 6.54 Å². The molecular weight excluding hydrogens is 224 g/mol. The zero-order chi connectivity index (χ0) is 13.1. The number of rotatable bonds is 6. The molecule has 0 spiro atoms. The van der Waals surface area contributed by atoms with Crippen LogP contribution in [0.3, 0.4) is 0 Å². The van der Waals surface area contributed by atoms with Crippen LogP contribution in [0.5, 0.6) is 0 Å². The summed E-state index contributed by atoms with van der Waals surface area (Å²) in [4.78, 5) is 33.5. The van der Waals surface area contributed by atoms with Gasteiger partial charge in [0.25, 0.3) is 0 Å². The van der Waals surface area contributed by atoms with Crippen LogP contribution in [0.15, 0.2) is 0 Å². The van der Waals surface area contributed by atoms with Gasteiger partial charge in [-0.1, -0.05) is 0 Å². The number of carboxylic acids is 1. The highest BCUT2D eigenvalue weighted by molar-refractivity contribution is 6.00. The van der Waals surface area contributed by atoms with Gasteiger partial charge in [-0.15, -0.1) is 0 Å². The van der Waals surface area contributed by atoms with Crippen LogP contribution in [0, 0.1) is 11.3 Å². The normalized spacial score (nSPS) is 15.2. The number of carbonyl (C=O) groups is 3. The van der Waals surface area contributed by atoms with Crippen molar-refractivity contribution in [2.45, 2.75) is 26.7 Å². The Labute approximate surface area is 99.8 Å². The lowest BCUT2D eigenvalue weighted by molar-refractivity contribution is -0.153. The van der Waals surface area contributed by atoms with Crippen molar-refractivity contribution in [3.05, 3.63) is 0 Å². The molecule has 6 heteroatoms. The van der Waals surface area contributed by atoms with Gasteiger partial charge in [0.15, 0.2) is 0 Å². The van der Waals surface area contributed by atoms with E-state index in [9.17, 15) is 14.4 Å². The zero-order valence-electron chi connectivity index (χ0n) is 10.1. The van der Waals surface area contributed by atoms with E-state index < -0.39 is 17.3 Å². The van der Waals surface area contributed by atoms with Crippen LogP contribution in [0.2, 0.25) is 0 Å². The lowest BCUT2D eigenvalue weighted by Gasteiger charge is -2.18. The van der Waals surface area contributed by atoms with Crippen molar-refractivity contribution >= 4 is 17.8 Å². The van der Waals surface area contributed by atoms with E-state index in [1.165, 1.54) is 13.8 Å². The average Bonchev–Trinajstić information content (AvgIpc) is 3.06. The van der Waals surface area contributed by atoms with Gasteiger partial charge in [0.2, 0.25) is 11.8 Å². The predicted octanol–water partition coefficient (Wildman–Crippen LogP) is -0.260. The Bertz CT molecular complexity index is 334. The highest BCUT2D eigenvalue weighted by Crippen LogP contribution is 2.28. The lowest BCUT2D eigenvalue weighted by Crippen LogP contribution is -2.45. The molecule has 1 aliphatic carbocycles. The molecule has 0 heterocycles. The Balaban J connectivity index is 2.19. The molecule has 0 saturated heterocycles. The number of nitrogens with one attached hydrogen (secondary N) is 2. The standard InChI is InChI=1S/C11H18N2O4/c1-11(2,10(16)17)9(15)13-6-5-12-8(14)7-3-4-7/h7H,3-6H2,1-2H3,(H,12,14)(H,13,15)(H,16,17). The summed E-state index contributed by atoms with van der Waals surface area (Å²) in [5.74, 6) is -1.57. The first-order valence-electron chi connectivity index (χ1n) is 5.65. The molecule has 2 amide bonds. The number of hydrogen-bond donors (Lipinski definition) is 3. The van der Waals surface area contributed by atoms with Crippen molar-refractivity contribution in [3.63, 3.8) is 0 Å². The molecule has 0 radical (unpaired) electrons. The fourth-order valence-corrected chi connectivity index (χ4v) is 1.17. The number of aliphatic carboxylic acids is 1. The van der Waals surface area contributed by atoms with Gasteiger partial charge in [-0.25, -0.2) is 0 Å². The third kappa shape index (κ3) is 3.72. The van der Waals surface area contributed by atoms with Gasteiger partial charge in [0, 0.05) is 19.0 Å². The van der Waals surface area contributed by atoms with E-state index in [2.05, 4.69) is 10.6 Å². The van der Waals surface area contributed by atoms with Crippen LogP contribution in [-0.4, -0.2) is 36.0 Å². The number of carboxylic acid groups (broad SMARTS) is 1. The minimum Gasteiger partial charge on any atom is -0.480 e. The Morgan fingerprint density at radius 3 is 2.18 bits per heavy atom. The topological polar surface area (TPSA) is 95.5 Å². The van der Waals surface area contributed by atoms with Crippen molar-refractivity contribution in [2.24, 2.45) is 11.3 Å². The Morgan fingerprint density at radius 1 is 1.18 bits per heavy atom. The maximum Gasteiger partial charge on any atom is 0.318 e. The van der Waals surface area contributed by atoms with Crippen LogP contribution >= 0.6 is 0 Å². The summed E-state index contributed by atoms with van der Waals surface area (Å²) in [6.45, 7) is 3.26. The summed E-state index contributed by atoms with van der Waals surface area (Å²) in [6, 6.07) is 0. The van der Waals surface area contributed by atoms with Gasteiger partial charge < -0.3 is 15.7 Å². The smallest absolute Gasteiger partial charge is 0.318 e. The molecule has 1 rings (SSSR count). The van der Waals surface area contributed by atoms with E-state index in [4.69, 9.17) is 5.11 Å². The lowest BCUT2D eigenvalue weighted by atomic mass is 9.93. The Morgan fingerprint density at radius 2 is 1.71 bits per heavy atom. The maximum atomic E-state index is 11.5. The molecule has 0 aromatic carbocycles. The summed E-state index contributed by atoms with van der Waals surface area (Å²) in [6.07, 6.45) is 1.87. The summed E-state index contributed by atoms with van der Waals surface area (Å²) in [7, 11) is 0. The molecule has 1 aliphatic rings. The number of carbonyl (C=O) groups excluding carboxylic acids is 2. The first-order chi connectivity index (χ1) is 7.85. The summed E-state index contributed by atoms with van der Waals surface area (Å²) >= 11 is 0. The second-order valence-corrected chi connectivity index (χ2v) is 4.75. The highest BCUT2D eigenvalue weighted by atomic mass is 16.4. The van der Waals surface area contributed by atoms with E-state index in [0.717, 1.165) is 12.8 Å². The Hall–Kier alpha value is -1.59.